The van der Waals surface area contributed by atoms with Gasteiger partial charge >= 0.3 is 0 Å². The van der Waals surface area contributed by atoms with Crippen LogP contribution in [0.4, 0.5) is 11.5 Å². The van der Waals surface area contributed by atoms with E-state index in [2.05, 4.69) is 20.6 Å². The van der Waals surface area contributed by atoms with Crippen molar-refractivity contribution >= 4 is 29.0 Å². The molecular weight excluding hydrogens is 380 g/mol. The predicted octanol–water partition coefficient (Wildman–Crippen LogP) is 4.01. The zero-order valence-electron chi connectivity index (χ0n) is 15.4. The van der Waals surface area contributed by atoms with Gasteiger partial charge in [0, 0.05) is 17.8 Å². The Balaban J connectivity index is 1.62. The van der Waals surface area contributed by atoms with Gasteiger partial charge in [-0.15, -0.1) is 0 Å². The number of benzene rings is 2. The molecule has 1 amide bonds. The number of para-hydroxylation sites is 1. The number of carbonyl (C=O) groups is 1. The summed E-state index contributed by atoms with van der Waals surface area (Å²) in [4.78, 5) is 20.7. The Morgan fingerprint density at radius 3 is 2.50 bits per heavy atom. The van der Waals surface area contributed by atoms with E-state index in [0.29, 0.717) is 28.8 Å². The highest BCUT2D eigenvalue weighted by molar-refractivity contribution is 6.32. The van der Waals surface area contributed by atoms with Gasteiger partial charge in [-0.05, 0) is 24.3 Å². The summed E-state index contributed by atoms with van der Waals surface area (Å²) in [5.74, 6) is 1.49. The third-order valence-corrected chi connectivity index (χ3v) is 4.24. The van der Waals surface area contributed by atoms with Gasteiger partial charge in [0.15, 0.2) is 0 Å². The van der Waals surface area contributed by atoms with Gasteiger partial charge in [-0.3, -0.25) is 4.79 Å². The lowest BCUT2D eigenvalue weighted by atomic mass is 10.2. The Bertz CT molecular complexity index is 964. The molecule has 0 spiro atoms. The van der Waals surface area contributed by atoms with Crippen LogP contribution in [0.1, 0.15) is 16.1 Å². The van der Waals surface area contributed by atoms with Crippen molar-refractivity contribution in [1.29, 1.82) is 0 Å². The molecule has 0 saturated carbocycles. The summed E-state index contributed by atoms with van der Waals surface area (Å²) in [7, 11) is 3.15. The zero-order chi connectivity index (χ0) is 19.9. The molecule has 3 aromatic rings. The summed E-state index contributed by atoms with van der Waals surface area (Å²) in [5.41, 5.74) is 1.72. The largest absolute Gasteiger partial charge is 0.496 e. The third kappa shape index (κ3) is 4.69. The molecule has 0 fully saturated rings. The first-order valence-electron chi connectivity index (χ1n) is 8.43. The van der Waals surface area contributed by atoms with Gasteiger partial charge in [0.05, 0.1) is 31.6 Å². The standard InChI is InChI=1S/C20H19ClN4O3/c1-27-17-6-4-3-5-13(17)10-23-19-12-22-16(11-24-19)20(26)25-14-7-8-18(28-2)15(21)9-14/h3-9,11-12H,10H2,1-2H3,(H,23,24)(H,25,26). The number of ether oxygens (including phenoxy) is 2. The highest BCUT2D eigenvalue weighted by atomic mass is 35.5. The van der Waals surface area contributed by atoms with E-state index in [9.17, 15) is 4.79 Å². The summed E-state index contributed by atoms with van der Waals surface area (Å²) >= 11 is 6.07. The Morgan fingerprint density at radius 2 is 1.82 bits per heavy atom. The number of nitrogens with zero attached hydrogens (tertiary/aromatic N) is 2. The Morgan fingerprint density at radius 1 is 1.04 bits per heavy atom. The fourth-order valence-electron chi connectivity index (χ4n) is 2.51. The van der Waals surface area contributed by atoms with Gasteiger partial charge in [-0.1, -0.05) is 29.8 Å². The van der Waals surface area contributed by atoms with Crippen molar-refractivity contribution in [2.75, 3.05) is 24.9 Å². The van der Waals surface area contributed by atoms with Crippen LogP contribution in [-0.2, 0) is 6.54 Å². The molecule has 28 heavy (non-hydrogen) atoms. The molecule has 2 N–H and O–H groups in total. The smallest absolute Gasteiger partial charge is 0.275 e. The van der Waals surface area contributed by atoms with Crippen LogP contribution >= 0.6 is 11.6 Å². The molecule has 1 aromatic heterocycles. The minimum atomic E-state index is -0.384. The Hall–Kier alpha value is -3.32. The van der Waals surface area contributed by atoms with E-state index in [4.69, 9.17) is 21.1 Å². The number of hydrogen-bond donors (Lipinski definition) is 2. The van der Waals surface area contributed by atoms with E-state index < -0.39 is 0 Å². The Kier molecular flexibility index (Phi) is 6.29. The molecule has 144 valence electrons. The molecule has 7 nitrogen and oxygen atoms in total. The normalized spacial score (nSPS) is 10.2. The molecule has 2 aromatic carbocycles. The predicted molar refractivity (Wildman–Crippen MR) is 108 cm³/mol. The zero-order valence-corrected chi connectivity index (χ0v) is 16.2. The van der Waals surface area contributed by atoms with Gasteiger partial charge in [0.25, 0.3) is 5.91 Å². The second-order valence-electron chi connectivity index (χ2n) is 5.76. The van der Waals surface area contributed by atoms with Crippen LogP contribution in [0.5, 0.6) is 11.5 Å². The molecule has 0 aliphatic rings. The maximum atomic E-state index is 12.3. The minimum absolute atomic E-state index is 0.190. The average Bonchev–Trinajstić information content (AvgIpc) is 2.73. The number of hydrogen-bond acceptors (Lipinski definition) is 6. The number of nitrogens with one attached hydrogen (secondary N) is 2. The number of rotatable bonds is 7. The summed E-state index contributed by atoms with van der Waals surface area (Å²) in [6.07, 6.45) is 2.91. The lowest BCUT2D eigenvalue weighted by Crippen LogP contribution is -2.14. The molecule has 0 bridgehead atoms. The molecule has 1 heterocycles. The number of carbonyl (C=O) groups excluding carboxylic acids is 1. The Labute approximate surface area is 167 Å². The molecule has 0 saturated heterocycles. The van der Waals surface area contributed by atoms with Crippen molar-refractivity contribution in [3.63, 3.8) is 0 Å². The first-order valence-corrected chi connectivity index (χ1v) is 8.81. The van der Waals surface area contributed by atoms with Crippen LogP contribution in [0.25, 0.3) is 0 Å². The number of anilines is 2. The molecular formula is C20H19ClN4O3. The topological polar surface area (TPSA) is 85.4 Å². The van der Waals surface area contributed by atoms with Gasteiger partial charge in [-0.25, -0.2) is 9.97 Å². The maximum Gasteiger partial charge on any atom is 0.275 e. The van der Waals surface area contributed by atoms with Gasteiger partial charge in [0.2, 0.25) is 0 Å². The van der Waals surface area contributed by atoms with Gasteiger partial charge in [0.1, 0.15) is 23.0 Å². The van der Waals surface area contributed by atoms with E-state index in [1.165, 1.54) is 19.5 Å². The molecule has 0 unspecified atom stereocenters. The van der Waals surface area contributed by atoms with Crippen LogP contribution in [0.2, 0.25) is 5.02 Å². The van der Waals surface area contributed by atoms with E-state index in [-0.39, 0.29) is 11.6 Å². The van der Waals surface area contributed by atoms with Crippen LogP contribution in [0.15, 0.2) is 54.9 Å². The molecule has 0 radical (unpaired) electrons. The van der Waals surface area contributed by atoms with Crippen molar-refractivity contribution in [2.24, 2.45) is 0 Å². The maximum absolute atomic E-state index is 12.3. The van der Waals surface area contributed by atoms with Crippen molar-refractivity contribution in [3.8, 4) is 11.5 Å². The SMILES string of the molecule is COc1ccc(NC(=O)c2cnc(NCc3ccccc3OC)cn2)cc1Cl. The van der Waals surface area contributed by atoms with Crippen molar-refractivity contribution in [3.05, 3.63) is 71.1 Å². The van der Waals surface area contributed by atoms with Gasteiger partial charge < -0.3 is 20.1 Å². The fourth-order valence-corrected chi connectivity index (χ4v) is 2.77. The monoisotopic (exact) mass is 398 g/mol. The minimum Gasteiger partial charge on any atom is -0.496 e. The molecule has 8 heteroatoms. The molecule has 0 atom stereocenters. The van der Waals surface area contributed by atoms with E-state index in [1.54, 1.807) is 25.3 Å². The summed E-state index contributed by atoms with van der Waals surface area (Å²) in [6, 6.07) is 12.7. The first-order chi connectivity index (χ1) is 13.6. The number of amides is 1. The summed E-state index contributed by atoms with van der Waals surface area (Å²) < 4.78 is 10.4. The second-order valence-corrected chi connectivity index (χ2v) is 6.16. The number of halogens is 1. The second kappa shape index (κ2) is 9.05. The highest BCUT2D eigenvalue weighted by Crippen LogP contribution is 2.27. The van der Waals surface area contributed by atoms with E-state index in [0.717, 1.165) is 11.3 Å². The average molecular weight is 399 g/mol. The molecule has 3 rings (SSSR count). The van der Waals surface area contributed by atoms with Crippen molar-refractivity contribution in [1.82, 2.24) is 9.97 Å². The number of methoxy groups -OCH3 is 2. The van der Waals surface area contributed by atoms with E-state index in [1.807, 2.05) is 24.3 Å². The number of aromatic nitrogens is 2. The highest BCUT2D eigenvalue weighted by Gasteiger charge is 2.10. The van der Waals surface area contributed by atoms with Crippen LogP contribution in [0, 0.1) is 0 Å². The molecule has 0 aliphatic heterocycles. The lowest BCUT2D eigenvalue weighted by molar-refractivity contribution is 0.102. The van der Waals surface area contributed by atoms with Crippen molar-refractivity contribution < 1.29 is 14.3 Å². The lowest BCUT2D eigenvalue weighted by Gasteiger charge is -2.10. The fraction of sp³-hybridized carbons (Fsp3) is 0.150. The quantitative estimate of drug-likeness (QED) is 0.625. The summed E-state index contributed by atoms with van der Waals surface area (Å²) in [6.45, 7) is 0.522. The van der Waals surface area contributed by atoms with E-state index >= 15 is 0 Å². The van der Waals surface area contributed by atoms with Crippen LogP contribution in [-0.4, -0.2) is 30.1 Å². The van der Waals surface area contributed by atoms with Crippen LogP contribution in [0.3, 0.4) is 0 Å². The van der Waals surface area contributed by atoms with Gasteiger partial charge in [-0.2, -0.15) is 0 Å². The van der Waals surface area contributed by atoms with Crippen LogP contribution < -0.4 is 20.1 Å². The first kappa shape index (κ1) is 19.4. The summed E-state index contributed by atoms with van der Waals surface area (Å²) in [5, 5.41) is 6.28. The molecule has 0 aliphatic carbocycles. The third-order valence-electron chi connectivity index (χ3n) is 3.95. The van der Waals surface area contributed by atoms with Crippen molar-refractivity contribution in [2.45, 2.75) is 6.54 Å².